The van der Waals surface area contributed by atoms with Crippen LogP contribution in [0.4, 0.5) is 0 Å². The van der Waals surface area contributed by atoms with Crippen molar-refractivity contribution >= 4 is 13.8 Å². The second kappa shape index (κ2) is 46.7. The van der Waals surface area contributed by atoms with Gasteiger partial charge >= 0.3 is 13.8 Å². The maximum absolute atomic E-state index is 12.7. The molecule has 2 unspecified atom stereocenters. The highest BCUT2D eigenvalue weighted by Gasteiger charge is 2.26. The average molecular weight is 907 g/mol. The molecule has 0 aliphatic heterocycles. The van der Waals surface area contributed by atoms with Gasteiger partial charge in [-0.3, -0.25) is 13.8 Å². The molecule has 0 spiro atoms. The summed E-state index contributed by atoms with van der Waals surface area (Å²) in [6.45, 7) is 5.40. The van der Waals surface area contributed by atoms with Crippen LogP contribution in [-0.4, -0.2) is 75.6 Å². The predicted octanol–water partition coefficient (Wildman–Crippen LogP) is 16.1. The predicted molar refractivity (Wildman–Crippen MR) is 270 cm³/mol. The number of likely N-dealkylation sites (N-methyl/N-ethyl adjacent to an activating group) is 1. The van der Waals surface area contributed by atoms with Gasteiger partial charge in [-0.2, -0.15) is 0 Å². The third kappa shape index (κ3) is 51.1. The summed E-state index contributed by atoms with van der Waals surface area (Å²) in [6.07, 6.45) is 60.4. The molecule has 63 heavy (non-hydrogen) atoms. The Kier molecular flexibility index (Phi) is 45.4. The van der Waals surface area contributed by atoms with E-state index in [-0.39, 0.29) is 26.2 Å². The van der Waals surface area contributed by atoms with Crippen LogP contribution >= 0.6 is 7.82 Å². The molecule has 0 bridgehead atoms. The molecule has 8 nitrogen and oxygen atoms in total. The Morgan fingerprint density at radius 2 is 0.857 bits per heavy atom. The summed E-state index contributed by atoms with van der Waals surface area (Å²) < 4.78 is 35.0. The first-order valence-electron chi connectivity index (χ1n) is 26.0. The van der Waals surface area contributed by atoms with E-state index in [0.717, 1.165) is 44.9 Å². The highest BCUT2D eigenvalue weighted by atomic mass is 31.2. The van der Waals surface area contributed by atoms with Gasteiger partial charge in [-0.15, -0.1) is 0 Å². The first-order chi connectivity index (χ1) is 30.6. The molecule has 0 aliphatic carbocycles. The summed E-state index contributed by atoms with van der Waals surface area (Å²) in [5.74, 6) is -0.437. The summed E-state index contributed by atoms with van der Waals surface area (Å²) in [7, 11) is 1.61. The molecule has 0 radical (unpaired) electrons. The third-order valence-electron chi connectivity index (χ3n) is 11.1. The van der Waals surface area contributed by atoms with E-state index in [1.807, 2.05) is 27.2 Å². The van der Waals surface area contributed by atoms with E-state index in [9.17, 15) is 14.3 Å². The standard InChI is InChI=1S/C54H100NO7P/c1-6-8-10-12-14-16-18-20-22-23-24-25-26-27-28-29-30-31-32-34-36-38-40-42-44-46-49-59-51-53(52-61-63(57,58)60-50-48-55(3,4)5)62-54(56)47-45-43-41-39-37-35-33-21-19-17-15-13-11-9-7-2/h9,11,15,17,21,33,37,39,43,45,53H,6-8,10,12-14,16,18-20,22-32,34-36,38,40-42,44,46-52H2,1-5H3/p+1/b11-9-,17-15-,33-21-,39-37-,45-43-. The number of esters is 1. The van der Waals surface area contributed by atoms with Crippen molar-refractivity contribution in [3.8, 4) is 0 Å². The maximum Gasteiger partial charge on any atom is 0.472 e. The van der Waals surface area contributed by atoms with Crippen LogP contribution in [0.15, 0.2) is 60.8 Å². The Bertz CT molecular complexity index is 1190. The van der Waals surface area contributed by atoms with Crippen LogP contribution < -0.4 is 0 Å². The van der Waals surface area contributed by atoms with Gasteiger partial charge < -0.3 is 18.9 Å². The fourth-order valence-corrected chi connectivity index (χ4v) is 7.90. The van der Waals surface area contributed by atoms with Crippen molar-refractivity contribution in [1.29, 1.82) is 0 Å². The molecule has 0 saturated carbocycles. The van der Waals surface area contributed by atoms with Crippen LogP contribution in [0.25, 0.3) is 0 Å². The number of rotatable bonds is 48. The Morgan fingerprint density at radius 3 is 1.24 bits per heavy atom. The zero-order valence-corrected chi connectivity index (χ0v) is 42.7. The van der Waals surface area contributed by atoms with Crippen molar-refractivity contribution in [3.05, 3.63) is 60.8 Å². The number of nitrogens with zero attached hydrogens (tertiary/aromatic N) is 1. The van der Waals surface area contributed by atoms with Gasteiger partial charge in [0.2, 0.25) is 0 Å². The molecule has 0 aliphatic rings. The minimum Gasteiger partial charge on any atom is -0.457 e. The van der Waals surface area contributed by atoms with Gasteiger partial charge in [-0.1, -0.05) is 235 Å². The number of allylic oxidation sites excluding steroid dienone is 9. The van der Waals surface area contributed by atoms with Gasteiger partial charge in [0, 0.05) is 6.61 Å². The van der Waals surface area contributed by atoms with Crippen LogP contribution in [0.3, 0.4) is 0 Å². The number of hydrogen-bond donors (Lipinski definition) is 1. The third-order valence-corrected chi connectivity index (χ3v) is 12.1. The topological polar surface area (TPSA) is 91.3 Å². The summed E-state index contributed by atoms with van der Waals surface area (Å²) in [5, 5.41) is 0. The molecule has 0 rings (SSSR count). The van der Waals surface area contributed by atoms with E-state index in [0.29, 0.717) is 17.6 Å². The van der Waals surface area contributed by atoms with Crippen LogP contribution in [-0.2, 0) is 27.9 Å². The van der Waals surface area contributed by atoms with Gasteiger partial charge in [0.25, 0.3) is 0 Å². The lowest BCUT2D eigenvalue weighted by molar-refractivity contribution is -0.870. The van der Waals surface area contributed by atoms with E-state index in [1.54, 1.807) is 6.08 Å². The maximum atomic E-state index is 12.7. The normalized spacial score (nSPS) is 14.1. The van der Waals surface area contributed by atoms with Crippen LogP contribution in [0.1, 0.15) is 219 Å². The molecule has 2 atom stereocenters. The first kappa shape index (κ1) is 61.2. The molecule has 9 heteroatoms. The fourth-order valence-electron chi connectivity index (χ4n) is 7.16. The number of ether oxygens (including phenoxy) is 2. The molecule has 0 aromatic heterocycles. The van der Waals surface area contributed by atoms with Gasteiger partial charge in [0.05, 0.1) is 40.8 Å². The molecule has 0 heterocycles. The monoisotopic (exact) mass is 907 g/mol. The zero-order chi connectivity index (χ0) is 46.2. The summed E-state index contributed by atoms with van der Waals surface area (Å²) >= 11 is 0. The van der Waals surface area contributed by atoms with Gasteiger partial charge in [-0.25, -0.2) is 4.57 Å². The minimum absolute atomic E-state index is 0.0713. The molecule has 0 fully saturated rings. The quantitative estimate of drug-likeness (QED) is 0.0214. The summed E-state index contributed by atoms with van der Waals surface area (Å²) in [6, 6.07) is 0. The number of hydrogen-bond acceptors (Lipinski definition) is 6. The molecular weight excluding hydrogens is 806 g/mol. The highest BCUT2D eigenvalue weighted by Crippen LogP contribution is 2.43. The van der Waals surface area contributed by atoms with Crippen molar-refractivity contribution < 1.29 is 37.3 Å². The Morgan fingerprint density at radius 1 is 0.492 bits per heavy atom. The molecule has 0 aromatic carbocycles. The average Bonchev–Trinajstić information content (AvgIpc) is 3.24. The number of phosphoric ester groups is 1. The largest absolute Gasteiger partial charge is 0.472 e. The minimum atomic E-state index is -4.30. The Balaban J connectivity index is 4.11. The molecule has 1 N–H and O–H groups in total. The second-order valence-corrected chi connectivity index (χ2v) is 20.0. The van der Waals surface area contributed by atoms with E-state index in [2.05, 4.69) is 62.5 Å². The van der Waals surface area contributed by atoms with E-state index in [1.165, 1.54) is 154 Å². The van der Waals surface area contributed by atoms with Crippen molar-refractivity contribution in [2.75, 3.05) is 54.1 Å². The molecule has 0 aromatic rings. The van der Waals surface area contributed by atoms with Crippen molar-refractivity contribution in [2.24, 2.45) is 0 Å². The number of carbonyl (C=O) groups excluding carboxylic acids is 1. The van der Waals surface area contributed by atoms with Crippen LogP contribution in [0.2, 0.25) is 0 Å². The van der Waals surface area contributed by atoms with Crippen molar-refractivity contribution in [3.63, 3.8) is 0 Å². The smallest absolute Gasteiger partial charge is 0.457 e. The molecule has 0 amide bonds. The van der Waals surface area contributed by atoms with Gasteiger partial charge in [0.1, 0.15) is 19.3 Å². The molecule has 0 saturated heterocycles. The lowest BCUT2D eigenvalue weighted by atomic mass is 10.0. The van der Waals surface area contributed by atoms with E-state index < -0.39 is 19.9 Å². The number of phosphoric acid groups is 1. The number of quaternary nitrogens is 1. The molecule has 368 valence electrons. The Labute approximate surface area is 390 Å². The van der Waals surface area contributed by atoms with E-state index >= 15 is 0 Å². The second-order valence-electron chi connectivity index (χ2n) is 18.5. The highest BCUT2D eigenvalue weighted by molar-refractivity contribution is 7.47. The van der Waals surface area contributed by atoms with E-state index in [4.69, 9.17) is 18.5 Å². The van der Waals surface area contributed by atoms with Gasteiger partial charge in [-0.05, 0) is 38.5 Å². The summed E-state index contributed by atoms with van der Waals surface area (Å²) in [5.41, 5.74) is 0. The lowest BCUT2D eigenvalue weighted by Gasteiger charge is -2.24. The van der Waals surface area contributed by atoms with Crippen molar-refractivity contribution in [2.45, 2.75) is 225 Å². The molecular formula is C54H101NO7P+. The number of unbranched alkanes of at least 4 members (excludes halogenated alkanes) is 25. The van der Waals surface area contributed by atoms with Gasteiger partial charge in [0.15, 0.2) is 0 Å². The Hall–Kier alpha value is -1.80. The van der Waals surface area contributed by atoms with Crippen LogP contribution in [0.5, 0.6) is 0 Å². The summed E-state index contributed by atoms with van der Waals surface area (Å²) in [4.78, 5) is 22.9. The van der Waals surface area contributed by atoms with Crippen molar-refractivity contribution in [1.82, 2.24) is 0 Å². The first-order valence-corrected chi connectivity index (χ1v) is 27.5. The van der Waals surface area contributed by atoms with Crippen LogP contribution in [0, 0.1) is 0 Å². The fraction of sp³-hybridized carbons (Fsp3) is 0.796. The zero-order valence-electron chi connectivity index (χ0n) is 41.8. The lowest BCUT2D eigenvalue weighted by Crippen LogP contribution is -2.37. The number of carbonyl (C=O) groups is 1. The SMILES string of the molecule is CC/C=C\C/C=C\C/C=C\C/C=C\C/C=C\CC(=O)OC(COCCCCCCCCCCCCCCCCCCCCCCCCCCCC)COP(=O)(O)OCC[N+](C)(C)C.